The third-order valence-corrected chi connectivity index (χ3v) is 6.19. The van der Waals surface area contributed by atoms with Gasteiger partial charge in [0, 0.05) is 26.1 Å². The van der Waals surface area contributed by atoms with Crippen molar-refractivity contribution in [1.29, 1.82) is 0 Å². The highest BCUT2D eigenvalue weighted by atomic mass is 19.1. The summed E-state index contributed by atoms with van der Waals surface area (Å²) in [6.07, 6.45) is 2.98. The molecule has 4 rings (SSSR count). The topological polar surface area (TPSA) is 41.9 Å². The summed E-state index contributed by atoms with van der Waals surface area (Å²) in [6, 6.07) is 24.3. The number of hydrogen-bond donors (Lipinski definition) is 1. The zero-order chi connectivity index (χ0) is 22.9. The Bertz CT molecular complexity index is 968. The number of piperidine rings is 1. The lowest BCUT2D eigenvalue weighted by Crippen LogP contribution is -2.46. The second-order valence-electron chi connectivity index (χ2n) is 8.82. The first kappa shape index (κ1) is 23.3. The number of benzene rings is 3. The quantitative estimate of drug-likeness (QED) is 0.430. The van der Waals surface area contributed by atoms with Crippen molar-refractivity contribution in [3.8, 4) is 11.5 Å². The third-order valence-electron chi connectivity index (χ3n) is 6.19. The van der Waals surface area contributed by atoms with Gasteiger partial charge in [-0.15, -0.1) is 0 Å². The van der Waals surface area contributed by atoms with Gasteiger partial charge < -0.3 is 19.5 Å². The van der Waals surface area contributed by atoms with Crippen LogP contribution in [0.5, 0.6) is 11.5 Å². The maximum Gasteiger partial charge on any atom is 0.123 e. The summed E-state index contributed by atoms with van der Waals surface area (Å²) < 4.78 is 24.8. The number of ether oxygens (including phenoxy) is 2. The van der Waals surface area contributed by atoms with E-state index in [0.717, 1.165) is 61.5 Å². The Hall–Kier alpha value is -2.89. The lowest BCUT2D eigenvalue weighted by atomic mass is 9.85. The summed E-state index contributed by atoms with van der Waals surface area (Å²) in [5.41, 5.74) is 1.43. The van der Waals surface area contributed by atoms with E-state index in [1.165, 1.54) is 12.1 Å². The Morgan fingerprint density at radius 3 is 2.09 bits per heavy atom. The highest BCUT2D eigenvalue weighted by Gasteiger charge is 2.32. The molecule has 174 valence electrons. The van der Waals surface area contributed by atoms with E-state index in [1.807, 2.05) is 54.6 Å². The Labute approximate surface area is 195 Å². The van der Waals surface area contributed by atoms with Crippen LogP contribution in [0, 0.1) is 5.82 Å². The van der Waals surface area contributed by atoms with Crippen LogP contribution in [0.1, 0.15) is 30.4 Å². The van der Waals surface area contributed by atoms with Crippen molar-refractivity contribution in [2.75, 3.05) is 26.2 Å². The molecule has 1 saturated heterocycles. The van der Waals surface area contributed by atoms with Crippen molar-refractivity contribution in [3.63, 3.8) is 0 Å². The van der Waals surface area contributed by atoms with Crippen molar-refractivity contribution >= 4 is 0 Å². The van der Waals surface area contributed by atoms with Crippen LogP contribution in [0.15, 0.2) is 78.9 Å². The fourth-order valence-electron chi connectivity index (χ4n) is 4.20. The van der Waals surface area contributed by atoms with Gasteiger partial charge in [0.25, 0.3) is 0 Å². The third kappa shape index (κ3) is 7.31. The molecule has 1 heterocycles. The zero-order valence-corrected chi connectivity index (χ0v) is 19.0. The lowest BCUT2D eigenvalue weighted by molar-refractivity contribution is -0.0212. The summed E-state index contributed by atoms with van der Waals surface area (Å²) in [5, 5.41) is 10.9. The molecule has 1 fully saturated rings. The molecule has 0 radical (unpaired) electrons. The second kappa shape index (κ2) is 11.3. The molecule has 5 heteroatoms. The maximum atomic E-state index is 13.1. The van der Waals surface area contributed by atoms with Crippen molar-refractivity contribution in [3.05, 3.63) is 95.8 Å². The van der Waals surface area contributed by atoms with Gasteiger partial charge in [0.05, 0.1) is 12.2 Å². The van der Waals surface area contributed by atoms with Crippen molar-refractivity contribution < 1.29 is 19.0 Å². The number of rotatable bonds is 10. The number of aliphatic hydroxyl groups is 1. The van der Waals surface area contributed by atoms with Gasteiger partial charge in [0.1, 0.15) is 23.9 Å². The predicted molar refractivity (Wildman–Crippen MR) is 128 cm³/mol. The number of nitrogens with zero attached hydrogens (tertiary/aromatic N) is 1. The van der Waals surface area contributed by atoms with Gasteiger partial charge in [-0.05, 0) is 66.8 Å². The fraction of sp³-hybridized carbons (Fsp3) is 0.357. The molecule has 4 nitrogen and oxygen atoms in total. The van der Waals surface area contributed by atoms with Gasteiger partial charge in [0.2, 0.25) is 0 Å². The van der Waals surface area contributed by atoms with Crippen LogP contribution in [0.3, 0.4) is 0 Å². The average Bonchev–Trinajstić information content (AvgIpc) is 2.84. The number of likely N-dealkylation sites (tertiary alicyclic amines) is 1. The van der Waals surface area contributed by atoms with Crippen molar-refractivity contribution in [2.24, 2.45) is 0 Å². The largest absolute Gasteiger partial charge is 0.494 e. The molecular formula is C28H32FNO3. The molecule has 0 unspecified atom stereocenters. The summed E-state index contributed by atoms with van der Waals surface area (Å²) in [7, 11) is 0. The number of halogens is 1. The summed E-state index contributed by atoms with van der Waals surface area (Å²) in [4.78, 5) is 2.38. The molecule has 0 bridgehead atoms. The van der Waals surface area contributed by atoms with E-state index < -0.39 is 5.60 Å². The number of hydrogen-bond acceptors (Lipinski definition) is 4. The van der Waals surface area contributed by atoms with E-state index in [0.29, 0.717) is 19.6 Å². The molecule has 1 aliphatic heterocycles. The Morgan fingerprint density at radius 2 is 1.42 bits per heavy atom. The molecule has 0 aliphatic carbocycles. The van der Waals surface area contributed by atoms with E-state index in [1.54, 1.807) is 12.1 Å². The molecule has 0 aromatic heterocycles. The minimum atomic E-state index is -0.699. The molecule has 1 N–H and O–H groups in total. The summed E-state index contributed by atoms with van der Waals surface area (Å²) >= 11 is 0. The van der Waals surface area contributed by atoms with Gasteiger partial charge in [-0.3, -0.25) is 0 Å². The minimum Gasteiger partial charge on any atom is -0.494 e. The monoisotopic (exact) mass is 449 g/mol. The second-order valence-corrected chi connectivity index (χ2v) is 8.82. The van der Waals surface area contributed by atoms with Gasteiger partial charge in [-0.25, -0.2) is 4.39 Å². The van der Waals surface area contributed by atoms with Crippen molar-refractivity contribution in [2.45, 2.75) is 37.9 Å². The van der Waals surface area contributed by atoms with E-state index in [9.17, 15) is 9.50 Å². The van der Waals surface area contributed by atoms with Crippen LogP contribution in [-0.4, -0.2) is 41.8 Å². The molecule has 0 atom stereocenters. The minimum absolute atomic E-state index is 0.241. The van der Waals surface area contributed by atoms with Crippen LogP contribution in [-0.2, 0) is 13.0 Å². The Morgan fingerprint density at radius 1 is 0.788 bits per heavy atom. The van der Waals surface area contributed by atoms with E-state index in [4.69, 9.17) is 9.47 Å². The highest BCUT2D eigenvalue weighted by molar-refractivity contribution is 5.31. The molecule has 3 aromatic rings. The molecular weight excluding hydrogens is 417 g/mol. The first-order chi connectivity index (χ1) is 16.1. The van der Waals surface area contributed by atoms with E-state index in [2.05, 4.69) is 4.90 Å². The molecule has 0 saturated carbocycles. The molecule has 3 aromatic carbocycles. The van der Waals surface area contributed by atoms with Crippen LogP contribution in [0.2, 0.25) is 0 Å². The first-order valence-electron chi connectivity index (χ1n) is 11.7. The lowest BCUT2D eigenvalue weighted by Gasteiger charge is -2.38. The van der Waals surface area contributed by atoms with Crippen LogP contribution < -0.4 is 9.47 Å². The zero-order valence-electron chi connectivity index (χ0n) is 19.0. The van der Waals surface area contributed by atoms with Crippen LogP contribution >= 0.6 is 0 Å². The SMILES string of the molecule is OC1(Cc2ccc(F)cc2)CCN(CCCOc2ccc(OCc3ccccc3)cc2)CC1. The molecule has 0 amide bonds. The van der Waals surface area contributed by atoms with Crippen molar-refractivity contribution in [1.82, 2.24) is 4.90 Å². The smallest absolute Gasteiger partial charge is 0.123 e. The van der Waals surface area contributed by atoms with E-state index >= 15 is 0 Å². The Balaban J connectivity index is 1.12. The fourth-order valence-corrected chi connectivity index (χ4v) is 4.20. The normalized spacial score (nSPS) is 15.8. The van der Waals surface area contributed by atoms with Crippen LogP contribution in [0.25, 0.3) is 0 Å². The Kier molecular flexibility index (Phi) is 7.97. The van der Waals surface area contributed by atoms with Gasteiger partial charge in [-0.1, -0.05) is 42.5 Å². The maximum absolute atomic E-state index is 13.1. The van der Waals surface area contributed by atoms with Gasteiger partial charge >= 0.3 is 0 Å². The summed E-state index contributed by atoms with van der Waals surface area (Å²) in [6.45, 7) is 3.89. The van der Waals surface area contributed by atoms with Crippen LogP contribution in [0.4, 0.5) is 4.39 Å². The summed E-state index contributed by atoms with van der Waals surface area (Å²) in [5.74, 6) is 1.43. The molecule has 1 aliphatic rings. The highest BCUT2D eigenvalue weighted by Crippen LogP contribution is 2.27. The van der Waals surface area contributed by atoms with E-state index in [-0.39, 0.29) is 5.82 Å². The predicted octanol–water partition coefficient (Wildman–Crippen LogP) is 5.24. The molecule has 0 spiro atoms. The first-order valence-corrected chi connectivity index (χ1v) is 11.7. The standard InChI is InChI=1S/C28H32FNO3/c29-25-9-7-23(8-10-25)21-28(31)15-18-30(19-16-28)17-4-20-32-26-11-13-27(14-12-26)33-22-24-5-2-1-3-6-24/h1-3,5-14,31H,4,15-22H2. The van der Waals surface area contributed by atoms with Gasteiger partial charge in [-0.2, -0.15) is 0 Å². The molecule has 33 heavy (non-hydrogen) atoms. The average molecular weight is 450 g/mol. The van der Waals surface area contributed by atoms with Gasteiger partial charge in [0.15, 0.2) is 0 Å².